The molecule has 0 aliphatic rings. The number of hydrogen-bond donors (Lipinski definition) is 1. The van der Waals surface area contributed by atoms with E-state index in [4.69, 9.17) is 11.6 Å². The van der Waals surface area contributed by atoms with Crippen LogP contribution in [0.4, 0.5) is 0 Å². The molecule has 0 radical (unpaired) electrons. The number of halogens is 1. The van der Waals surface area contributed by atoms with Crippen molar-refractivity contribution < 1.29 is 8.42 Å². The van der Waals surface area contributed by atoms with E-state index in [1.165, 1.54) is 0 Å². The molecule has 0 unspecified atom stereocenters. The molecule has 0 aliphatic heterocycles. The average Bonchev–Trinajstić information content (AvgIpc) is 2.97. The zero-order chi connectivity index (χ0) is 18.9. The van der Waals surface area contributed by atoms with E-state index < -0.39 is 10.0 Å². The molecule has 2 aromatic rings. The first-order chi connectivity index (χ1) is 11.6. The van der Waals surface area contributed by atoms with Crippen molar-refractivity contribution in [3.63, 3.8) is 0 Å². The number of aryl methyl sites for hydroxylation is 3. The van der Waals surface area contributed by atoms with Crippen LogP contribution < -0.4 is 4.72 Å². The smallest absolute Gasteiger partial charge is 0.244 e. The minimum absolute atomic E-state index is 0.0365. The van der Waals surface area contributed by atoms with Crippen LogP contribution >= 0.6 is 11.6 Å². The summed E-state index contributed by atoms with van der Waals surface area (Å²) < 4.78 is 31.5. The van der Waals surface area contributed by atoms with Crippen LogP contribution in [0.2, 0.25) is 5.02 Å². The van der Waals surface area contributed by atoms with E-state index in [2.05, 4.69) is 14.9 Å². The molecule has 0 spiro atoms. The third kappa shape index (κ3) is 3.91. The Kier molecular flexibility index (Phi) is 5.96. The van der Waals surface area contributed by atoms with E-state index in [9.17, 15) is 8.42 Å². The lowest BCUT2D eigenvalue weighted by atomic mass is 10.2. The Bertz CT molecular complexity index is 870. The predicted octanol–water partition coefficient (Wildman–Crippen LogP) is 2.92. The van der Waals surface area contributed by atoms with Crippen molar-refractivity contribution in [3.8, 4) is 0 Å². The third-order valence-electron chi connectivity index (χ3n) is 4.39. The van der Waals surface area contributed by atoms with Crippen LogP contribution in [0.1, 0.15) is 49.1 Å². The number of nitrogens with zero attached hydrogens (tertiary/aromatic N) is 4. The molecule has 7 nitrogen and oxygen atoms in total. The molecule has 0 bridgehead atoms. The standard InChI is InChI=1S/C16H26ClN5O2S/c1-7-21-14(6)16(12(4)19-21)25(23,24)18-9-8-10(2)22-13(5)15(17)11(3)20-22/h10,18H,7-9H2,1-6H3/t10-/m0/s1. The van der Waals surface area contributed by atoms with E-state index in [0.717, 1.165) is 11.4 Å². The summed E-state index contributed by atoms with van der Waals surface area (Å²) in [5.74, 6) is 0. The molecule has 2 aromatic heterocycles. The van der Waals surface area contributed by atoms with Gasteiger partial charge in [-0.3, -0.25) is 9.36 Å². The lowest BCUT2D eigenvalue weighted by Gasteiger charge is -2.15. The van der Waals surface area contributed by atoms with Gasteiger partial charge in [-0.05, 0) is 48.0 Å². The van der Waals surface area contributed by atoms with Crippen molar-refractivity contribution in [1.82, 2.24) is 24.3 Å². The van der Waals surface area contributed by atoms with E-state index >= 15 is 0 Å². The molecule has 1 atom stereocenters. The molecule has 25 heavy (non-hydrogen) atoms. The van der Waals surface area contributed by atoms with Crippen molar-refractivity contribution in [1.29, 1.82) is 0 Å². The largest absolute Gasteiger partial charge is 0.268 e. The molecule has 0 saturated heterocycles. The quantitative estimate of drug-likeness (QED) is 0.791. The Morgan fingerprint density at radius 3 is 2.24 bits per heavy atom. The Balaban J connectivity index is 2.08. The summed E-state index contributed by atoms with van der Waals surface area (Å²) >= 11 is 6.18. The van der Waals surface area contributed by atoms with E-state index in [0.29, 0.717) is 35.9 Å². The van der Waals surface area contributed by atoms with Crippen LogP contribution in [-0.4, -0.2) is 34.5 Å². The monoisotopic (exact) mass is 387 g/mol. The van der Waals surface area contributed by atoms with Gasteiger partial charge in [0.05, 0.1) is 33.8 Å². The van der Waals surface area contributed by atoms with Crippen LogP contribution in [0.15, 0.2) is 4.90 Å². The van der Waals surface area contributed by atoms with E-state index in [1.54, 1.807) is 18.5 Å². The van der Waals surface area contributed by atoms with Gasteiger partial charge in [0, 0.05) is 13.1 Å². The van der Waals surface area contributed by atoms with Gasteiger partial charge in [-0.15, -0.1) is 0 Å². The molecule has 0 aliphatic carbocycles. The summed E-state index contributed by atoms with van der Waals surface area (Å²) in [6.07, 6.45) is 0.609. The second kappa shape index (κ2) is 7.47. The highest BCUT2D eigenvalue weighted by atomic mass is 35.5. The fourth-order valence-electron chi connectivity index (χ4n) is 3.05. The van der Waals surface area contributed by atoms with Crippen LogP contribution in [0.3, 0.4) is 0 Å². The second-order valence-corrected chi connectivity index (χ2v) is 8.36. The lowest BCUT2D eigenvalue weighted by Crippen LogP contribution is -2.27. The average molecular weight is 388 g/mol. The Morgan fingerprint density at radius 2 is 1.76 bits per heavy atom. The topological polar surface area (TPSA) is 81.8 Å². The van der Waals surface area contributed by atoms with Crippen molar-refractivity contribution in [2.75, 3.05) is 6.54 Å². The Hall–Kier alpha value is -1.38. The van der Waals surface area contributed by atoms with Gasteiger partial charge in [0.25, 0.3) is 0 Å². The van der Waals surface area contributed by atoms with Crippen LogP contribution in [0.25, 0.3) is 0 Å². The minimum atomic E-state index is -3.59. The number of aromatic nitrogens is 4. The van der Waals surface area contributed by atoms with Crippen LogP contribution in [0, 0.1) is 27.7 Å². The lowest BCUT2D eigenvalue weighted by molar-refractivity contribution is 0.446. The molecule has 2 heterocycles. The highest BCUT2D eigenvalue weighted by molar-refractivity contribution is 7.89. The van der Waals surface area contributed by atoms with Crippen molar-refractivity contribution in [2.45, 2.75) is 65.4 Å². The maximum atomic E-state index is 12.6. The molecule has 9 heteroatoms. The molecular weight excluding hydrogens is 362 g/mol. The Morgan fingerprint density at radius 1 is 1.12 bits per heavy atom. The SMILES string of the molecule is CCn1nc(C)c(S(=O)(=O)NCC[C@H](C)n2nc(C)c(Cl)c2C)c1C. The van der Waals surface area contributed by atoms with Crippen molar-refractivity contribution in [2.24, 2.45) is 0 Å². The fourth-order valence-corrected chi connectivity index (χ4v) is 4.63. The number of hydrogen-bond acceptors (Lipinski definition) is 4. The van der Waals surface area contributed by atoms with Gasteiger partial charge < -0.3 is 0 Å². The first kappa shape index (κ1) is 19.9. The summed E-state index contributed by atoms with van der Waals surface area (Å²) in [4.78, 5) is 0.274. The summed E-state index contributed by atoms with van der Waals surface area (Å²) in [6, 6.07) is 0.0365. The van der Waals surface area contributed by atoms with Crippen molar-refractivity contribution in [3.05, 3.63) is 27.8 Å². The molecule has 2 rings (SSSR count). The summed E-state index contributed by atoms with van der Waals surface area (Å²) in [6.45, 7) is 12.1. The molecule has 0 amide bonds. The number of sulfonamides is 1. The molecule has 140 valence electrons. The summed E-state index contributed by atoms with van der Waals surface area (Å²) in [5.41, 5.74) is 2.85. The second-order valence-electron chi connectivity index (χ2n) is 6.28. The maximum Gasteiger partial charge on any atom is 0.244 e. The summed E-state index contributed by atoms with van der Waals surface area (Å²) in [5, 5.41) is 9.36. The van der Waals surface area contributed by atoms with Crippen LogP contribution in [-0.2, 0) is 16.6 Å². The number of nitrogens with one attached hydrogen (secondary N) is 1. The van der Waals surface area contributed by atoms with Gasteiger partial charge in [0.2, 0.25) is 10.0 Å². The van der Waals surface area contributed by atoms with Crippen LogP contribution in [0.5, 0.6) is 0 Å². The molecule has 1 N–H and O–H groups in total. The third-order valence-corrected chi connectivity index (χ3v) is 6.65. The van der Waals surface area contributed by atoms with Gasteiger partial charge in [-0.25, -0.2) is 13.1 Å². The fraction of sp³-hybridized carbons (Fsp3) is 0.625. The van der Waals surface area contributed by atoms with E-state index in [-0.39, 0.29) is 10.9 Å². The molecular formula is C16H26ClN5O2S. The van der Waals surface area contributed by atoms with Crippen molar-refractivity contribution >= 4 is 21.6 Å². The predicted molar refractivity (Wildman–Crippen MR) is 98.6 cm³/mol. The molecule has 0 fully saturated rings. The summed E-state index contributed by atoms with van der Waals surface area (Å²) in [7, 11) is -3.59. The van der Waals surface area contributed by atoms with Gasteiger partial charge in [-0.2, -0.15) is 10.2 Å². The zero-order valence-electron chi connectivity index (χ0n) is 15.6. The first-order valence-electron chi connectivity index (χ1n) is 8.35. The minimum Gasteiger partial charge on any atom is -0.268 e. The van der Waals surface area contributed by atoms with Gasteiger partial charge >= 0.3 is 0 Å². The molecule has 0 aromatic carbocycles. The van der Waals surface area contributed by atoms with Gasteiger partial charge in [0.15, 0.2) is 0 Å². The van der Waals surface area contributed by atoms with Gasteiger partial charge in [-0.1, -0.05) is 11.6 Å². The Labute approximate surface area is 154 Å². The highest BCUT2D eigenvalue weighted by Gasteiger charge is 2.24. The first-order valence-corrected chi connectivity index (χ1v) is 10.2. The number of rotatable bonds is 7. The van der Waals surface area contributed by atoms with Gasteiger partial charge in [0.1, 0.15) is 4.90 Å². The highest BCUT2D eigenvalue weighted by Crippen LogP contribution is 2.24. The van der Waals surface area contributed by atoms with E-state index in [1.807, 2.05) is 32.4 Å². The normalized spacial score (nSPS) is 13.4. The maximum absolute atomic E-state index is 12.6. The zero-order valence-corrected chi connectivity index (χ0v) is 17.2. The molecule has 0 saturated carbocycles.